The molecule has 4 aliphatic rings. The van der Waals surface area contributed by atoms with Crippen molar-refractivity contribution in [1.29, 1.82) is 0 Å². The van der Waals surface area contributed by atoms with Crippen LogP contribution in [-0.2, 0) is 0 Å². The van der Waals surface area contributed by atoms with Crippen LogP contribution in [0.1, 0.15) is 44.9 Å². The summed E-state index contributed by atoms with van der Waals surface area (Å²) in [5, 5.41) is 0. The van der Waals surface area contributed by atoms with Gasteiger partial charge in [-0.25, -0.2) is 0 Å². The predicted molar refractivity (Wildman–Crippen MR) is 69.7 cm³/mol. The number of fused-ring (bicyclic) bond motifs is 2. The molecule has 0 bridgehead atoms. The van der Waals surface area contributed by atoms with Gasteiger partial charge in [0.15, 0.2) is 0 Å². The Kier molecular flexibility index (Phi) is 2.46. The Hall–Kier alpha value is -0.500. The van der Waals surface area contributed by atoms with Crippen molar-refractivity contribution < 1.29 is 0 Å². The first-order valence-electron chi connectivity index (χ1n) is 7.64. The minimum atomic E-state index is 0.844. The molecular formula is C15H24N2. The van der Waals surface area contributed by atoms with Crippen LogP contribution in [0.25, 0.3) is 0 Å². The van der Waals surface area contributed by atoms with Crippen molar-refractivity contribution in [2.75, 3.05) is 19.6 Å². The molecule has 94 valence electrons. The van der Waals surface area contributed by atoms with E-state index in [4.69, 9.17) is 0 Å². The zero-order valence-electron chi connectivity index (χ0n) is 10.8. The lowest BCUT2D eigenvalue weighted by atomic mass is 9.72. The molecule has 0 aliphatic carbocycles. The van der Waals surface area contributed by atoms with E-state index >= 15 is 0 Å². The van der Waals surface area contributed by atoms with E-state index in [-0.39, 0.29) is 0 Å². The van der Waals surface area contributed by atoms with Gasteiger partial charge in [-0.05, 0) is 69.5 Å². The predicted octanol–water partition coefficient (Wildman–Crippen LogP) is 2.61. The Morgan fingerprint density at radius 3 is 2.88 bits per heavy atom. The van der Waals surface area contributed by atoms with Crippen LogP contribution in [-0.4, -0.2) is 41.5 Å². The number of rotatable bonds is 0. The van der Waals surface area contributed by atoms with Crippen LogP contribution in [0.15, 0.2) is 11.8 Å². The van der Waals surface area contributed by atoms with E-state index in [0.717, 1.165) is 18.0 Å². The summed E-state index contributed by atoms with van der Waals surface area (Å²) in [6.45, 7) is 4.06. The van der Waals surface area contributed by atoms with Gasteiger partial charge in [0.05, 0.1) is 0 Å². The van der Waals surface area contributed by atoms with Crippen LogP contribution in [0.5, 0.6) is 0 Å². The molecule has 0 aromatic rings. The highest BCUT2D eigenvalue weighted by Crippen LogP contribution is 2.43. The van der Waals surface area contributed by atoms with Crippen molar-refractivity contribution in [3.63, 3.8) is 0 Å². The summed E-state index contributed by atoms with van der Waals surface area (Å²) < 4.78 is 0. The first-order chi connectivity index (χ1) is 8.43. The van der Waals surface area contributed by atoms with Gasteiger partial charge in [-0.2, -0.15) is 0 Å². The summed E-state index contributed by atoms with van der Waals surface area (Å²) in [6, 6.07) is 1.73. The van der Waals surface area contributed by atoms with E-state index in [2.05, 4.69) is 16.0 Å². The number of piperidine rings is 3. The standard InChI is InChI=1S/C15H24N2/c1-2-8-17-11-12-5-3-9-16-10-4-6-13(15(12)16)14(17)7-1/h11,13-15H,1-10H2/t13-,14-,15+/m1/s1. The van der Waals surface area contributed by atoms with Crippen molar-refractivity contribution >= 4 is 0 Å². The summed E-state index contributed by atoms with van der Waals surface area (Å²) in [7, 11) is 0. The third-order valence-electron chi connectivity index (χ3n) is 5.49. The SMILES string of the molecule is C1=C2CCCN3CCC[C@H]([C@H]4CCCCN14)[C@H]23. The van der Waals surface area contributed by atoms with Gasteiger partial charge in [0.2, 0.25) is 0 Å². The third-order valence-corrected chi connectivity index (χ3v) is 5.49. The zero-order valence-corrected chi connectivity index (χ0v) is 10.8. The highest BCUT2D eigenvalue weighted by molar-refractivity contribution is 5.22. The molecule has 3 atom stereocenters. The van der Waals surface area contributed by atoms with Crippen LogP contribution >= 0.6 is 0 Å². The lowest BCUT2D eigenvalue weighted by Crippen LogP contribution is -2.59. The summed E-state index contributed by atoms with van der Waals surface area (Å²) >= 11 is 0. The molecule has 0 aromatic carbocycles. The maximum Gasteiger partial charge on any atom is 0.0372 e. The van der Waals surface area contributed by atoms with Crippen molar-refractivity contribution in [3.05, 3.63) is 11.8 Å². The van der Waals surface area contributed by atoms with E-state index in [0.29, 0.717) is 0 Å². The van der Waals surface area contributed by atoms with Crippen molar-refractivity contribution in [2.24, 2.45) is 5.92 Å². The fourth-order valence-corrected chi connectivity index (χ4v) is 4.85. The van der Waals surface area contributed by atoms with Crippen LogP contribution in [0.4, 0.5) is 0 Å². The molecule has 0 unspecified atom stereocenters. The highest BCUT2D eigenvalue weighted by atomic mass is 15.2. The average molecular weight is 232 g/mol. The van der Waals surface area contributed by atoms with Gasteiger partial charge in [-0.1, -0.05) is 0 Å². The van der Waals surface area contributed by atoms with E-state index in [1.165, 1.54) is 64.6 Å². The zero-order chi connectivity index (χ0) is 11.2. The van der Waals surface area contributed by atoms with E-state index in [9.17, 15) is 0 Å². The summed E-state index contributed by atoms with van der Waals surface area (Å²) in [6.07, 6.45) is 12.6. The normalized spacial score (nSPS) is 41.5. The maximum atomic E-state index is 2.80. The molecule has 0 radical (unpaired) electrons. The second kappa shape index (κ2) is 4.01. The van der Waals surface area contributed by atoms with Crippen molar-refractivity contribution in [1.82, 2.24) is 9.80 Å². The molecule has 2 heteroatoms. The van der Waals surface area contributed by atoms with Gasteiger partial charge in [-0.15, -0.1) is 0 Å². The number of hydrogen-bond acceptors (Lipinski definition) is 2. The van der Waals surface area contributed by atoms with Gasteiger partial charge in [0.25, 0.3) is 0 Å². The molecular weight excluding hydrogens is 208 g/mol. The maximum absolute atomic E-state index is 2.80. The molecule has 4 aliphatic heterocycles. The number of hydrogen-bond donors (Lipinski definition) is 0. The largest absolute Gasteiger partial charge is 0.374 e. The second-order valence-corrected chi connectivity index (χ2v) is 6.40. The Morgan fingerprint density at radius 2 is 1.88 bits per heavy atom. The fraction of sp³-hybridized carbons (Fsp3) is 0.867. The molecule has 0 saturated carbocycles. The van der Waals surface area contributed by atoms with Gasteiger partial charge < -0.3 is 4.90 Å². The lowest BCUT2D eigenvalue weighted by Gasteiger charge is -2.55. The van der Waals surface area contributed by atoms with Gasteiger partial charge in [-0.3, -0.25) is 4.90 Å². The molecule has 0 amide bonds. The Bertz CT molecular complexity index is 334. The van der Waals surface area contributed by atoms with Gasteiger partial charge in [0, 0.05) is 24.8 Å². The molecule has 0 aromatic heterocycles. The molecule has 4 heterocycles. The molecule has 4 rings (SSSR count). The molecule has 17 heavy (non-hydrogen) atoms. The first-order valence-corrected chi connectivity index (χ1v) is 7.64. The molecule has 0 spiro atoms. The Balaban J connectivity index is 1.71. The van der Waals surface area contributed by atoms with E-state index < -0.39 is 0 Å². The van der Waals surface area contributed by atoms with Crippen LogP contribution in [0.2, 0.25) is 0 Å². The molecule has 3 fully saturated rings. The topological polar surface area (TPSA) is 6.48 Å². The van der Waals surface area contributed by atoms with Gasteiger partial charge in [0.1, 0.15) is 0 Å². The highest BCUT2D eigenvalue weighted by Gasteiger charge is 2.44. The monoisotopic (exact) mass is 232 g/mol. The quantitative estimate of drug-likeness (QED) is 0.633. The van der Waals surface area contributed by atoms with Gasteiger partial charge >= 0.3 is 0 Å². The average Bonchev–Trinajstić information content (AvgIpc) is 2.39. The minimum Gasteiger partial charge on any atom is -0.374 e. The Morgan fingerprint density at radius 1 is 0.941 bits per heavy atom. The van der Waals surface area contributed by atoms with Crippen LogP contribution in [0.3, 0.4) is 0 Å². The smallest absolute Gasteiger partial charge is 0.0372 e. The van der Waals surface area contributed by atoms with E-state index in [1.54, 1.807) is 5.57 Å². The summed E-state index contributed by atoms with van der Waals surface area (Å²) in [5.41, 5.74) is 1.78. The van der Waals surface area contributed by atoms with Crippen molar-refractivity contribution in [2.45, 2.75) is 57.0 Å². The molecule has 2 nitrogen and oxygen atoms in total. The summed E-state index contributed by atoms with van der Waals surface area (Å²) in [5.74, 6) is 0.962. The minimum absolute atomic E-state index is 0.844. The lowest BCUT2D eigenvalue weighted by molar-refractivity contribution is 0.0151. The fourth-order valence-electron chi connectivity index (χ4n) is 4.85. The number of nitrogens with zero attached hydrogens (tertiary/aromatic N) is 2. The third kappa shape index (κ3) is 1.56. The summed E-state index contributed by atoms with van der Waals surface area (Å²) in [4.78, 5) is 5.52. The first kappa shape index (κ1) is 10.4. The van der Waals surface area contributed by atoms with Crippen molar-refractivity contribution in [3.8, 4) is 0 Å². The molecule has 3 saturated heterocycles. The van der Waals surface area contributed by atoms with Crippen LogP contribution in [0, 0.1) is 5.92 Å². The second-order valence-electron chi connectivity index (χ2n) is 6.40. The molecule has 0 N–H and O–H groups in total. The van der Waals surface area contributed by atoms with E-state index in [1.807, 2.05) is 0 Å². The Labute approximate surface area is 105 Å². The van der Waals surface area contributed by atoms with Crippen LogP contribution < -0.4 is 0 Å².